The number of ether oxygens (including phenoxy) is 1. The van der Waals surface area contributed by atoms with Crippen molar-refractivity contribution in [2.45, 2.75) is 24.9 Å². The first-order valence-electron chi connectivity index (χ1n) is 4.68. The minimum absolute atomic E-state index is 0.140. The van der Waals surface area contributed by atoms with Gasteiger partial charge in [-0.05, 0) is 6.08 Å². The third kappa shape index (κ3) is 1.79. The van der Waals surface area contributed by atoms with Crippen molar-refractivity contribution in [1.29, 1.82) is 0 Å². The van der Waals surface area contributed by atoms with Crippen molar-refractivity contribution in [3.05, 3.63) is 12.3 Å². The molecule has 14 heavy (non-hydrogen) atoms. The molecule has 0 radical (unpaired) electrons. The quantitative estimate of drug-likeness (QED) is 0.616. The topological polar surface area (TPSA) is 65.3 Å². The monoisotopic (exact) mass is 198 g/mol. The molecular formula is C9H14N2O3. The summed E-state index contributed by atoms with van der Waals surface area (Å²) in [6.45, 7) is 0.407. The van der Waals surface area contributed by atoms with Gasteiger partial charge in [0.15, 0.2) is 0 Å². The molecule has 0 spiro atoms. The molecule has 78 valence electrons. The zero-order valence-electron chi connectivity index (χ0n) is 7.78. The SMILES string of the molecule is OC[C@H]1O[C@@H](N2C=CC=NC2)C[C@@H]1O. The van der Waals surface area contributed by atoms with Gasteiger partial charge in [-0.1, -0.05) is 0 Å². The van der Waals surface area contributed by atoms with Crippen LogP contribution in [0.1, 0.15) is 6.42 Å². The summed E-state index contributed by atoms with van der Waals surface area (Å²) in [6, 6.07) is 0. The Hall–Kier alpha value is -0.910. The van der Waals surface area contributed by atoms with Gasteiger partial charge < -0.3 is 19.8 Å². The fourth-order valence-corrected chi connectivity index (χ4v) is 1.67. The molecule has 0 aliphatic carbocycles. The van der Waals surface area contributed by atoms with E-state index < -0.39 is 12.2 Å². The van der Waals surface area contributed by atoms with Crippen molar-refractivity contribution < 1.29 is 14.9 Å². The van der Waals surface area contributed by atoms with Gasteiger partial charge in [-0.3, -0.25) is 4.99 Å². The summed E-state index contributed by atoms with van der Waals surface area (Å²) in [5.41, 5.74) is 0. The maximum atomic E-state index is 9.52. The van der Waals surface area contributed by atoms with Crippen LogP contribution < -0.4 is 0 Å². The normalized spacial score (nSPS) is 36.7. The van der Waals surface area contributed by atoms with Crippen LogP contribution in [0.3, 0.4) is 0 Å². The first kappa shape index (κ1) is 9.64. The van der Waals surface area contributed by atoms with Gasteiger partial charge >= 0.3 is 0 Å². The highest BCUT2D eigenvalue weighted by Crippen LogP contribution is 2.23. The van der Waals surface area contributed by atoms with Crippen LogP contribution in [0.4, 0.5) is 0 Å². The van der Waals surface area contributed by atoms with Crippen LogP contribution in [0, 0.1) is 0 Å². The predicted molar refractivity (Wildman–Crippen MR) is 50.7 cm³/mol. The summed E-state index contributed by atoms with van der Waals surface area (Å²) in [5, 5.41) is 18.4. The molecule has 0 aromatic heterocycles. The Bertz CT molecular complexity index is 254. The Balaban J connectivity index is 1.94. The number of nitrogens with zero attached hydrogens (tertiary/aromatic N) is 2. The molecule has 2 N–H and O–H groups in total. The zero-order chi connectivity index (χ0) is 9.97. The Morgan fingerprint density at radius 1 is 1.57 bits per heavy atom. The second kappa shape index (κ2) is 4.08. The molecule has 2 aliphatic heterocycles. The van der Waals surface area contributed by atoms with Gasteiger partial charge in [0.1, 0.15) is 19.0 Å². The number of aliphatic imine (C=N–C) groups is 1. The van der Waals surface area contributed by atoms with Gasteiger partial charge in [-0.2, -0.15) is 0 Å². The third-order valence-electron chi connectivity index (χ3n) is 2.47. The van der Waals surface area contributed by atoms with E-state index in [1.54, 1.807) is 6.21 Å². The Labute approximate surface area is 82.3 Å². The van der Waals surface area contributed by atoms with E-state index in [9.17, 15) is 5.11 Å². The molecule has 2 heterocycles. The highest BCUT2D eigenvalue weighted by Gasteiger charge is 2.35. The summed E-state index contributed by atoms with van der Waals surface area (Å²) < 4.78 is 5.46. The molecule has 0 amide bonds. The van der Waals surface area contributed by atoms with E-state index in [4.69, 9.17) is 9.84 Å². The number of rotatable bonds is 2. The smallest absolute Gasteiger partial charge is 0.134 e. The van der Waals surface area contributed by atoms with E-state index in [0.29, 0.717) is 13.1 Å². The second-order valence-corrected chi connectivity index (χ2v) is 3.44. The van der Waals surface area contributed by atoms with E-state index in [-0.39, 0.29) is 12.8 Å². The first-order valence-corrected chi connectivity index (χ1v) is 4.68. The van der Waals surface area contributed by atoms with Crippen molar-refractivity contribution in [2.75, 3.05) is 13.3 Å². The van der Waals surface area contributed by atoms with E-state index in [1.165, 1.54) is 0 Å². The lowest BCUT2D eigenvalue weighted by Gasteiger charge is -2.26. The van der Waals surface area contributed by atoms with Gasteiger partial charge in [0.2, 0.25) is 0 Å². The van der Waals surface area contributed by atoms with Crippen LogP contribution in [0.25, 0.3) is 0 Å². The standard InChI is InChI=1S/C9H14N2O3/c12-5-8-7(13)4-9(14-8)11-3-1-2-10-6-11/h1-3,7-9,12-13H,4-6H2/t7-,8+,9+/m0/s1. The third-order valence-corrected chi connectivity index (χ3v) is 2.47. The average molecular weight is 198 g/mol. The van der Waals surface area contributed by atoms with Crippen LogP contribution in [-0.2, 0) is 4.74 Å². The van der Waals surface area contributed by atoms with Crippen molar-refractivity contribution in [3.8, 4) is 0 Å². The van der Waals surface area contributed by atoms with Crippen molar-refractivity contribution >= 4 is 6.21 Å². The molecule has 5 heteroatoms. The summed E-state index contributed by atoms with van der Waals surface area (Å²) in [4.78, 5) is 5.97. The average Bonchev–Trinajstić information content (AvgIpc) is 2.61. The van der Waals surface area contributed by atoms with E-state index in [1.807, 2.05) is 17.2 Å². The van der Waals surface area contributed by atoms with Crippen LogP contribution in [0.2, 0.25) is 0 Å². The fraction of sp³-hybridized carbons (Fsp3) is 0.667. The summed E-state index contributed by atoms with van der Waals surface area (Å²) in [7, 11) is 0. The number of hydrogen-bond acceptors (Lipinski definition) is 5. The van der Waals surface area contributed by atoms with Gasteiger partial charge in [0, 0.05) is 18.8 Å². The molecule has 0 saturated carbocycles. The Morgan fingerprint density at radius 2 is 2.43 bits per heavy atom. The minimum atomic E-state index is -0.579. The molecule has 5 nitrogen and oxygen atoms in total. The minimum Gasteiger partial charge on any atom is -0.394 e. The molecule has 3 atom stereocenters. The molecule has 2 aliphatic rings. The molecule has 0 aromatic carbocycles. The lowest BCUT2D eigenvalue weighted by atomic mass is 10.2. The van der Waals surface area contributed by atoms with Crippen LogP contribution in [0.15, 0.2) is 17.3 Å². The molecule has 1 fully saturated rings. The molecule has 1 saturated heterocycles. The fourth-order valence-electron chi connectivity index (χ4n) is 1.67. The lowest BCUT2D eigenvalue weighted by Crippen LogP contribution is -2.32. The van der Waals surface area contributed by atoms with Crippen molar-refractivity contribution in [3.63, 3.8) is 0 Å². The van der Waals surface area contributed by atoms with Gasteiger partial charge in [0.25, 0.3) is 0 Å². The van der Waals surface area contributed by atoms with E-state index >= 15 is 0 Å². The maximum Gasteiger partial charge on any atom is 0.134 e. The van der Waals surface area contributed by atoms with Gasteiger partial charge in [-0.15, -0.1) is 0 Å². The predicted octanol–water partition coefficient (Wildman–Crippen LogP) is -0.688. The summed E-state index contributed by atoms with van der Waals surface area (Å²) >= 11 is 0. The molecule has 0 aromatic rings. The Kier molecular flexibility index (Phi) is 2.81. The largest absolute Gasteiger partial charge is 0.394 e. The first-order chi connectivity index (χ1) is 6.81. The van der Waals surface area contributed by atoms with E-state index in [0.717, 1.165) is 0 Å². The molecule has 0 bridgehead atoms. The highest BCUT2D eigenvalue weighted by atomic mass is 16.5. The van der Waals surface area contributed by atoms with Crippen molar-refractivity contribution in [1.82, 2.24) is 4.90 Å². The number of allylic oxidation sites excluding steroid dienone is 1. The van der Waals surface area contributed by atoms with Crippen molar-refractivity contribution in [2.24, 2.45) is 4.99 Å². The maximum absolute atomic E-state index is 9.52. The molecular weight excluding hydrogens is 184 g/mol. The lowest BCUT2D eigenvalue weighted by molar-refractivity contribution is -0.0636. The van der Waals surface area contributed by atoms with Crippen LogP contribution in [-0.4, -0.2) is 53.0 Å². The van der Waals surface area contributed by atoms with Gasteiger partial charge in [-0.25, -0.2) is 0 Å². The summed E-state index contributed by atoms with van der Waals surface area (Å²) in [6.07, 6.45) is 4.74. The van der Waals surface area contributed by atoms with E-state index in [2.05, 4.69) is 4.99 Å². The van der Waals surface area contributed by atoms with Crippen LogP contribution in [0.5, 0.6) is 0 Å². The number of aliphatic hydroxyl groups excluding tert-OH is 2. The highest BCUT2D eigenvalue weighted by molar-refractivity contribution is 5.71. The zero-order valence-corrected chi connectivity index (χ0v) is 7.78. The molecule has 2 rings (SSSR count). The second-order valence-electron chi connectivity index (χ2n) is 3.44. The Morgan fingerprint density at radius 3 is 3.00 bits per heavy atom. The van der Waals surface area contributed by atoms with Crippen LogP contribution >= 0.6 is 0 Å². The number of hydrogen-bond donors (Lipinski definition) is 2. The van der Waals surface area contributed by atoms with Gasteiger partial charge in [0.05, 0.1) is 12.7 Å². The summed E-state index contributed by atoms with van der Waals surface area (Å²) in [5.74, 6) is 0. The molecule has 0 unspecified atom stereocenters. The number of aliphatic hydroxyl groups is 2.